The van der Waals surface area contributed by atoms with Crippen LogP contribution in [0.4, 0.5) is 10.5 Å². The van der Waals surface area contributed by atoms with E-state index in [0.717, 1.165) is 11.0 Å². The number of hydrogen-bond donors (Lipinski definition) is 4. The van der Waals surface area contributed by atoms with Gasteiger partial charge in [-0.2, -0.15) is 0 Å². The Morgan fingerprint density at radius 1 is 1.26 bits per heavy atom. The van der Waals surface area contributed by atoms with E-state index < -0.39 is 6.23 Å². The number of anilines is 1. The summed E-state index contributed by atoms with van der Waals surface area (Å²) in [6.07, 6.45) is 1.07. The molecule has 118 valence electrons. The molecule has 0 fully saturated rings. The van der Waals surface area contributed by atoms with Crippen molar-refractivity contribution in [2.24, 2.45) is 0 Å². The van der Waals surface area contributed by atoms with E-state index in [1.54, 1.807) is 37.5 Å². The van der Waals surface area contributed by atoms with Crippen molar-refractivity contribution in [3.63, 3.8) is 0 Å². The molecule has 7 nitrogen and oxygen atoms in total. The third-order valence-corrected chi connectivity index (χ3v) is 3.16. The number of imidazole rings is 1. The van der Waals surface area contributed by atoms with Crippen molar-refractivity contribution in [2.45, 2.75) is 13.2 Å². The normalized spacial score (nSPS) is 11.9. The van der Waals surface area contributed by atoms with Crippen LogP contribution in [0.15, 0.2) is 48.8 Å². The predicted octanol–water partition coefficient (Wildman–Crippen LogP) is 2.82. The Morgan fingerprint density at radius 3 is 2.83 bits per heavy atom. The van der Waals surface area contributed by atoms with Crippen LogP contribution in [0.25, 0.3) is 11.0 Å². The molecule has 0 aliphatic rings. The number of phenols is 1. The van der Waals surface area contributed by atoms with Crippen LogP contribution in [-0.2, 0) is 0 Å². The second-order valence-corrected chi connectivity index (χ2v) is 4.99. The number of amides is 2. The monoisotopic (exact) mass is 312 g/mol. The molecule has 0 bridgehead atoms. The number of phenolic OH excluding ortho intramolecular Hbond substituents is 1. The minimum Gasteiger partial charge on any atom is -0.508 e. The van der Waals surface area contributed by atoms with Gasteiger partial charge in [0, 0.05) is 5.69 Å². The number of fused-ring (bicyclic) bond motifs is 1. The first-order chi connectivity index (χ1) is 11.1. The summed E-state index contributed by atoms with van der Waals surface area (Å²) in [6.45, 7) is 1.71. The van der Waals surface area contributed by atoms with Crippen LogP contribution >= 0.6 is 0 Å². The standard InChI is InChI=1S/C16H16N4O3/c1-10(23-13-5-3-12(21)4-6-13)19-16(22)20-11-2-7-14-15(8-11)18-9-17-14/h2-10,21H,1H3,(H,17,18)(H2,19,20,22). The van der Waals surface area contributed by atoms with Crippen molar-refractivity contribution >= 4 is 22.8 Å². The van der Waals surface area contributed by atoms with E-state index in [-0.39, 0.29) is 11.8 Å². The number of nitrogens with zero attached hydrogens (tertiary/aromatic N) is 1. The molecule has 0 saturated carbocycles. The molecule has 2 aromatic carbocycles. The highest BCUT2D eigenvalue weighted by Crippen LogP contribution is 2.17. The van der Waals surface area contributed by atoms with Gasteiger partial charge in [-0.05, 0) is 49.4 Å². The molecule has 4 N–H and O–H groups in total. The summed E-state index contributed by atoms with van der Waals surface area (Å²) in [6, 6.07) is 11.3. The molecule has 0 aliphatic heterocycles. The first-order valence-corrected chi connectivity index (χ1v) is 7.06. The molecule has 0 aliphatic carbocycles. The SMILES string of the molecule is CC(NC(=O)Nc1ccc2nc[nH]c2c1)Oc1ccc(O)cc1. The van der Waals surface area contributed by atoms with Gasteiger partial charge in [-0.15, -0.1) is 0 Å². The van der Waals surface area contributed by atoms with E-state index in [1.807, 2.05) is 6.07 Å². The van der Waals surface area contributed by atoms with Crippen molar-refractivity contribution < 1.29 is 14.6 Å². The lowest BCUT2D eigenvalue weighted by molar-refractivity contribution is 0.183. The molecule has 1 heterocycles. The van der Waals surface area contributed by atoms with Gasteiger partial charge in [0.1, 0.15) is 11.5 Å². The number of carbonyl (C=O) groups excluding carboxylic acids is 1. The molecular weight excluding hydrogens is 296 g/mol. The molecular formula is C16H16N4O3. The van der Waals surface area contributed by atoms with Crippen LogP contribution in [0.2, 0.25) is 0 Å². The molecule has 3 rings (SSSR count). The zero-order chi connectivity index (χ0) is 16.2. The molecule has 0 saturated heterocycles. The van der Waals surface area contributed by atoms with E-state index in [2.05, 4.69) is 20.6 Å². The van der Waals surface area contributed by atoms with E-state index in [1.165, 1.54) is 12.1 Å². The number of aromatic amines is 1. The molecule has 1 aromatic heterocycles. The van der Waals surface area contributed by atoms with Gasteiger partial charge < -0.3 is 25.5 Å². The van der Waals surface area contributed by atoms with Gasteiger partial charge in [-0.25, -0.2) is 9.78 Å². The van der Waals surface area contributed by atoms with Gasteiger partial charge in [-0.1, -0.05) is 0 Å². The minimum absolute atomic E-state index is 0.157. The first-order valence-electron chi connectivity index (χ1n) is 7.06. The zero-order valence-electron chi connectivity index (χ0n) is 12.4. The van der Waals surface area contributed by atoms with Crippen molar-refractivity contribution in [1.82, 2.24) is 15.3 Å². The highest BCUT2D eigenvalue weighted by molar-refractivity contribution is 5.91. The topological polar surface area (TPSA) is 99.3 Å². The molecule has 0 spiro atoms. The fourth-order valence-corrected chi connectivity index (χ4v) is 2.12. The number of rotatable bonds is 4. The zero-order valence-corrected chi connectivity index (χ0v) is 12.4. The third-order valence-electron chi connectivity index (χ3n) is 3.16. The number of hydrogen-bond acceptors (Lipinski definition) is 4. The number of aromatic hydroxyl groups is 1. The quantitative estimate of drug-likeness (QED) is 0.557. The summed E-state index contributed by atoms with van der Waals surface area (Å²) in [5, 5.41) is 14.6. The number of ether oxygens (including phenoxy) is 1. The molecule has 1 unspecified atom stereocenters. The Labute approximate surface area is 132 Å². The van der Waals surface area contributed by atoms with Crippen LogP contribution in [0, 0.1) is 0 Å². The number of nitrogens with one attached hydrogen (secondary N) is 3. The lowest BCUT2D eigenvalue weighted by Crippen LogP contribution is -2.39. The Hall–Kier alpha value is -3.22. The van der Waals surface area contributed by atoms with Gasteiger partial charge in [0.15, 0.2) is 6.23 Å². The van der Waals surface area contributed by atoms with E-state index in [0.29, 0.717) is 11.4 Å². The lowest BCUT2D eigenvalue weighted by atomic mass is 10.3. The van der Waals surface area contributed by atoms with Gasteiger partial charge in [-0.3, -0.25) is 0 Å². The van der Waals surface area contributed by atoms with Gasteiger partial charge in [0.2, 0.25) is 0 Å². The average Bonchev–Trinajstić information content (AvgIpc) is 2.97. The molecule has 23 heavy (non-hydrogen) atoms. The van der Waals surface area contributed by atoms with Gasteiger partial charge in [0.05, 0.1) is 17.4 Å². The molecule has 1 atom stereocenters. The van der Waals surface area contributed by atoms with Crippen molar-refractivity contribution in [2.75, 3.05) is 5.32 Å². The van der Waals surface area contributed by atoms with Crippen LogP contribution in [-0.4, -0.2) is 27.3 Å². The maximum Gasteiger partial charge on any atom is 0.322 e. The van der Waals surface area contributed by atoms with Gasteiger partial charge >= 0.3 is 6.03 Å². The number of H-pyrrole nitrogens is 1. The Kier molecular flexibility index (Phi) is 4.01. The second-order valence-electron chi connectivity index (χ2n) is 4.99. The smallest absolute Gasteiger partial charge is 0.322 e. The maximum absolute atomic E-state index is 12.0. The summed E-state index contributed by atoms with van der Waals surface area (Å²) in [5.74, 6) is 0.708. The fourth-order valence-electron chi connectivity index (χ4n) is 2.12. The highest BCUT2D eigenvalue weighted by Gasteiger charge is 2.09. The third kappa shape index (κ3) is 3.70. The van der Waals surface area contributed by atoms with E-state index in [4.69, 9.17) is 4.74 Å². The number of carbonyl (C=O) groups is 1. The molecule has 7 heteroatoms. The molecule has 0 radical (unpaired) electrons. The summed E-state index contributed by atoms with van der Waals surface area (Å²) >= 11 is 0. The minimum atomic E-state index is -0.532. The fraction of sp³-hybridized carbons (Fsp3) is 0.125. The van der Waals surface area contributed by atoms with Crippen LogP contribution in [0.5, 0.6) is 11.5 Å². The van der Waals surface area contributed by atoms with Crippen LogP contribution in [0.3, 0.4) is 0 Å². The molecule has 3 aromatic rings. The van der Waals surface area contributed by atoms with E-state index in [9.17, 15) is 9.90 Å². The van der Waals surface area contributed by atoms with Crippen LogP contribution in [0.1, 0.15) is 6.92 Å². The number of benzene rings is 2. The van der Waals surface area contributed by atoms with Gasteiger partial charge in [0.25, 0.3) is 0 Å². The Bertz CT molecular complexity index is 814. The largest absolute Gasteiger partial charge is 0.508 e. The van der Waals surface area contributed by atoms with E-state index >= 15 is 0 Å². The summed E-state index contributed by atoms with van der Waals surface area (Å²) in [4.78, 5) is 19.1. The second kappa shape index (κ2) is 6.27. The summed E-state index contributed by atoms with van der Waals surface area (Å²) in [5.41, 5.74) is 2.33. The lowest BCUT2D eigenvalue weighted by Gasteiger charge is -2.16. The average molecular weight is 312 g/mol. The van der Waals surface area contributed by atoms with Crippen molar-refractivity contribution in [3.8, 4) is 11.5 Å². The predicted molar refractivity (Wildman–Crippen MR) is 86.4 cm³/mol. The van der Waals surface area contributed by atoms with Crippen molar-refractivity contribution in [3.05, 3.63) is 48.8 Å². The number of aromatic nitrogens is 2. The van der Waals surface area contributed by atoms with Crippen molar-refractivity contribution in [1.29, 1.82) is 0 Å². The Balaban J connectivity index is 1.56. The summed E-state index contributed by atoms with van der Waals surface area (Å²) in [7, 11) is 0. The summed E-state index contributed by atoms with van der Waals surface area (Å²) < 4.78 is 5.54. The Morgan fingerprint density at radius 2 is 2.04 bits per heavy atom. The number of urea groups is 1. The van der Waals surface area contributed by atoms with Crippen LogP contribution < -0.4 is 15.4 Å². The molecule has 2 amide bonds. The maximum atomic E-state index is 12.0. The first kappa shape index (κ1) is 14.7. The highest BCUT2D eigenvalue weighted by atomic mass is 16.5.